The van der Waals surface area contributed by atoms with Crippen molar-refractivity contribution in [1.82, 2.24) is 20.0 Å². The van der Waals surface area contributed by atoms with Gasteiger partial charge >= 0.3 is 6.03 Å². The number of urea groups is 1. The highest BCUT2D eigenvalue weighted by molar-refractivity contribution is 7.99. The van der Waals surface area contributed by atoms with Crippen LogP contribution >= 0.6 is 11.8 Å². The maximum atomic E-state index is 13.5. The Labute approximate surface area is 258 Å². The van der Waals surface area contributed by atoms with Crippen molar-refractivity contribution in [2.45, 2.75) is 38.6 Å². The van der Waals surface area contributed by atoms with Crippen LogP contribution in [0.1, 0.15) is 37.6 Å². The van der Waals surface area contributed by atoms with Gasteiger partial charge in [0.2, 0.25) is 0 Å². The maximum Gasteiger partial charge on any atom is 0.324 e. The summed E-state index contributed by atoms with van der Waals surface area (Å²) in [4.78, 5) is 16.1. The molecule has 0 aliphatic carbocycles. The number of hydrogen-bond donors (Lipinski definition) is 3. The van der Waals surface area contributed by atoms with Crippen LogP contribution in [0.25, 0.3) is 16.5 Å². The highest BCUT2D eigenvalue weighted by Crippen LogP contribution is 2.36. The number of allylic oxidation sites excluding steroid dienone is 2. The molecule has 4 aromatic rings. The summed E-state index contributed by atoms with van der Waals surface area (Å²) in [5.41, 5.74) is 4.38. The van der Waals surface area contributed by atoms with Gasteiger partial charge in [-0.25, -0.2) is 9.48 Å². The standard InChI is InChI=1S/C35H40N6OS/c1-25-11-13-26(14-12-25)41-32(23-31(39-41)34(2,3)4)38-33(42)37-30-16-15-29(27-9-5-6-10-28(27)30)35(17-7-8-18-36-35)24-40-19-21-43-22-20-40/h5-18,23,36H,19-22,24H2,1-4H3,(H2,37,38,42). The minimum absolute atomic E-state index is 0.172. The highest BCUT2D eigenvalue weighted by Gasteiger charge is 2.34. The number of nitrogens with one attached hydrogen (secondary N) is 3. The van der Waals surface area contributed by atoms with Crippen molar-refractivity contribution in [3.05, 3.63) is 108 Å². The molecule has 1 saturated heterocycles. The molecule has 2 amide bonds. The zero-order valence-electron chi connectivity index (χ0n) is 25.4. The zero-order chi connectivity index (χ0) is 30.0. The molecule has 1 atom stereocenters. The van der Waals surface area contributed by atoms with Crippen molar-refractivity contribution < 1.29 is 4.79 Å². The number of dihydropyridines is 1. The molecule has 6 rings (SSSR count). The van der Waals surface area contributed by atoms with E-state index in [0.717, 1.165) is 59.0 Å². The predicted molar refractivity (Wildman–Crippen MR) is 180 cm³/mol. The Balaban J connectivity index is 1.31. The number of rotatable bonds is 6. The lowest BCUT2D eigenvalue weighted by Crippen LogP contribution is -2.50. The summed E-state index contributed by atoms with van der Waals surface area (Å²) < 4.78 is 1.80. The fraction of sp³-hybridized carbons (Fsp3) is 0.314. The molecule has 2 aliphatic rings. The number of thioether (sulfide) groups is 1. The van der Waals surface area contributed by atoms with E-state index in [1.807, 2.05) is 54.4 Å². The maximum absolute atomic E-state index is 13.5. The highest BCUT2D eigenvalue weighted by atomic mass is 32.2. The van der Waals surface area contributed by atoms with Crippen LogP contribution in [-0.4, -0.2) is 51.9 Å². The Morgan fingerprint density at radius 2 is 1.72 bits per heavy atom. The van der Waals surface area contributed by atoms with E-state index in [9.17, 15) is 4.79 Å². The molecule has 3 N–H and O–H groups in total. The molecule has 0 bridgehead atoms. The zero-order valence-corrected chi connectivity index (χ0v) is 26.2. The number of benzene rings is 3. The molecule has 0 saturated carbocycles. The number of carbonyl (C=O) groups is 1. The second kappa shape index (κ2) is 11.9. The Morgan fingerprint density at radius 1 is 0.977 bits per heavy atom. The van der Waals surface area contributed by atoms with Crippen LogP contribution in [0.5, 0.6) is 0 Å². The molecule has 222 valence electrons. The lowest BCUT2D eigenvalue weighted by atomic mass is 9.83. The molecular formula is C35H40N6OS. The van der Waals surface area contributed by atoms with Crippen LogP contribution in [0.3, 0.4) is 0 Å². The van der Waals surface area contributed by atoms with Crippen LogP contribution in [0.15, 0.2) is 91.2 Å². The molecule has 3 aromatic carbocycles. The van der Waals surface area contributed by atoms with Crippen molar-refractivity contribution in [1.29, 1.82) is 0 Å². The van der Waals surface area contributed by atoms with E-state index in [0.29, 0.717) is 5.82 Å². The fourth-order valence-corrected chi connectivity index (χ4v) is 6.75. The van der Waals surface area contributed by atoms with E-state index in [4.69, 9.17) is 5.10 Å². The first-order valence-corrected chi connectivity index (χ1v) is 16.1. The fourth-order valence-electron chi connectivity index (χ4n) is 5.77. The molecule has 0 spiro atoms. The molecular weight excluding hydrogens is 552 g/mol. The monoisotopic (exact) mass is 592 g/mol. The number of aromatic nitrogens is 2. The molecule has 0 radical (unpaired) electrons. The van der Waals surface area contributed by atoms with E-state index in [1.54, 1.807) is 4.68 Å². The van der Waals surface area contributed by atoms with Crippen molar-refractivity contribution in [2.24, 2.45) is 0 Å². The van der Waals surface area contributed by atoms with E-state index in [-0.39, 0.29) is 17.0 Å². The summed E-state index contributed by atoms with van der Waals surface area (Å²) >= 11 is 2.02. The Morgan fingerprint density at radius 3 is 2.42 bits per heavy atom. The number of nitrogens with zero attached hydrogens (tertiary/aromatic N) is 3. The first-order valence-electron chi connectivity index (χ1n) is 14.9. The lowest BCUT2D eigenvalue weighted by Gasteiger charge is -2.40. The summed E-state index contributed by atoms with van der Waals surface area (Å²) in [6.07, 6.45) is 8.48. The molecule has 1 unspecified atom stereocenters. The van der Waals surface area contributed by atoms with Crippen molar-refractivity contribution in [3.8, 4) is 5.69 Å². The van der Waals surface area contributed by atoms with Crippen LogP contribution < -0.4 is 16.0 Å². The number of hydrogen-bond acceptors (Lipinski definition) is 5. The second-order valence-corrected chi connectivity index (χ2v) is 13.6. The SMILES string of the molecule is Cc1ccc(-n2nc(C(C)(C)C)cc2NC(=O)Nc2ccc(C3(CN4CCSCC4)C=CC=CN3)c3ccccc23)cc1. The van der Waals surface area contributed by atoms with E-state index in [1.165, 1.54) is 11.1 Å². The average Bonchev–Trinajstić information content (AvgIpc) is 3.43. The average molecular weight is 593 g/mol. The molecule has 1 fully saturated rings. The quantitative estimate of drug-likeness (QED) is 0.221. The van der Waals surface area contributed by atoms with Gasteiger partial charge in [-0.2, -0.15) is 16.9 Å². The number of carbonyl (C=O) groups excluding carboxylic acids is 1. The van der Waals surface area contributed by atoms with Crippen molar-refractivity contribution in [3.63, 3.8) is 0 Å². The summed E-state index contributed by atoms with van der Waals surface area (Å²) in [7, 11) is 0. The van der Waals surface area contributed by atoms with Gasteiger partial charge < -0.3 is 10.6 Å². The Hall–Kier alpha value is -4.01. The van der Waals surface area contributed by atoms with Gasteiger partial charge in [0.05, 0.1) is 22.6 Å². The third kappa shape index (κ3) is 6.21. The topological polar surface area (TPSA) is 74.2 Å². The van der Waals surface area contributed by atoms with Crippen molar-refractivity contribution >= 4 is 40.1 Å². The van der Waals surface area contributed by atoms with Crippen LogP contribution in [0.4, 0.5) is 16.3 Å². The van der Waals surface area contributed by atoms with E-state index in [2.05, 4.69) is 97.1 Å². The van der Waals surface area contributed by atoms with Gasteiger partial charge in [0.1, 0.15) is 5.82 Å². The molecule has 2 aliphatic heterocycles. The van der Waals surface area contributed by atoms with E-state index < -0.39 is 0 Å². The minimum Gasteiger partial charge on any atom is -0.377 e. The molecule has 8 heteroatoms. The predicted octanol–water partition coefficient (Wildman–Crippen LogP) is 7.19. The van der Waals surface area contributed by atoms with Gasteiger partial charge in [-0.3, -0.25) is 10.2 Å². The molecule has 1 aromatic heterocycles. The van der Waals surface area contributed by atoms with E-state index >= 15 is 0 Å². The first-order chi connectivity index (χ1) is 20.7. The number of fused-ring (bicyclic) bond motifs is 1. The normalized spacial score (nSPS) is 18.9. The van der Waals surface area contributed by atoms with Gasteiger partial charge in [0, 0.05) is 48.0 Å². The second-order valence-electron chi connectivity index (χ2n) is 12.4. The summed E-state index contributed by atoms with van der Waals surface area (Å²) in [5, 5.41) is 16.9. The Kier molecular flexibility index (Phi) is 8.07. The summed E-state index contributed by atoms with van der Waals surface area (Å²) in [6, 6.07) is 22.3. The van der Waals surface area contributed by atoms with Gasteiger partial charge in [-0.1, -0.05) is 81.0 Å². The first kappa shape index (κ1) is 29.1. The van der Waals surface area contributed by atoms with Crippen LogP contribution in [-0.2, 0) is 11.0 Å². The largest absolute Gasteiger partial charge is 0.377 e. The third-order valence-electron chi connectivity index (χ3n) is 8.16. The summed E-state index contributed by atoms with van der Waals surface area (Å²) in [5.74, 6) is 2.94. The smallest absolute Gasteiger partial charge is 0.324 e. The van der Waals surface area contributed by atoms with Crippen molar-refractivity contribution in [2.75, 3.05) is 41.8 Å². The minimum atomic E-state index is -0.360. The third-order valence-corrected chi connectivity index (χ3v) is 9.10. The molecule has 43 heavy (non-hydrogen) atoms. The van der Waals surface area contributed by atoms with Gasteiger partial charge in [0.25, 0.3) is 0 Å². The van der Waals surface area contributed by atoms with Gasteiger partial charge in [0.15, 0.2) is 0 Å². The number of anilines is 2. The lowest BCUT2D eigenvalue weighted by molar-refractivity contribution is 0.236. The van der Waals surface area contributed by atoms with Crippen LogP contribution in [0, 0.1) is 6.92 Å². The number of aryl methyl sites for hydroxylation is 1. The molecule has 3 heterocycles. The number of amides is 2. The summed E-state index contributed by atoms with van der Waals surface area (Å²) in [6.45, 7) is 11.5. The molecule has 7 nitrogen and oxygen atoms in total. The van der Waals surface area contributed by atoms with Gasteiger partial charge in [-0.15, -0.1) is 0 Å². The Bertz CT molecular complexity index is 1680. The van der Waals surface area contributed by atoms with Gasteiger partial charge in [-0.05, 0) is 48.3 Å². The van der Waals surface area contributed by atoms with Crippen LogP contribution in [0.2, 0.25) is 0 Å².